The van der Waals surface area contributed by atoms with Gasteiger partial charge in [-0.25, -0.2) is 10.4 Å². The Balaban J connectivity index is 1.61. The summed E-state index contributed by atoms with van der Waals surface area (Å²) >= 11 is 1.51. The van der Waals surface area contributed by atoms with E-state index in [-0.39, 0.29) is 18.1 Å². The van der Waals surface area contributed by atoms with Crippen molar-refractivity contribution in [2.75, 3.05) is 7.11 Å². The molecule has 2 N–H and O–H groups in total. The Kier molecular flexibility index (Phi) is 4.24. The molecule has 0 aliphatic rings. The van der Waals surface area contributed by atoms with Gasteiger partial charge in [-0.3, -0.25) is 9.20 Å². The van der Waals surface area contributed by atoms with Gasteiger partial charge < -0.3 is 9.84 Å². The minimum Gasteiger partial charge on any atom is -0.504 e. The normalized spacial score (nSPS) is 11.2. The van der Waals surface area contributed by atoms with Crippen molar-refractivity contribution < 1.29 is 14.6 Å². The second kappa shape index (κ2) is 6.49. The lowest BCUT2D eigenvalue weighted by Gasteiger charge is -2.04. The Hall–Kier alpha value is -2.87. The fourth-order valence-electron chi connectivity index (χ4n) is 2.05. The molecule has 0 saturated carbocycles. The number of methoxy groups -OCH3 is 1. The summed E-state index contributed by atoms with van der Waals surface area (Å²) in [6, 6.07) is 5.02. The molecule has 8 heteroatoms. The van der Waals surface area contributed by atoms with E-state index < -0.39 is 0 Å². The number of benzene rings is 1. The Morgan fingerprint density at radius 2 is 2.43 bits per heavy atom. The van der Waals surface area contributed by atoms with Gasteiger partial charge in [0.25, 0.3) is 0 Å². The quantitative estimate of drug-likeness (QED) is 0.551. The molecule has 1 aromatic carbocycles. The van der Waals surface area contributed by atoms with Gasteiger partial charge in [-0.1, -0.05) is 6.07 Å². The number of nitrogens with one attached hydrogen (secondary N) is 1. The van der Waals surface area contributed by atoms with Crippen molar-refractivity contribution in [2.24, 2.45) is 5.10 Å². The molecular formula is C15H14N4O3S. The van der Waals surface area contributed by atoms with Crippen molar-refractivity contribution in [1.29, 1.82) is 0 Å². The predicted octanol–water partition coefficient (Wildman–Crippen LogP) is 1.80. The maximum Gasteiger partial charge on any atom is 0.246 e. The Morgan fingerprint density at radius 3 is 3.22 bits per heavy atom. The molecule has 0 radical (unpaired) electrons. The SMILES string of the molecule is COc1cccc(C=NNC(=O)Cc2cn3ccsc3n2)c1O. The molecule has 0 aliphatic carbocycles. The lowest BCUT2D eigenvalue weighted by molar-refractivity contribution is -0.120. The summed E-state index contributed by atoms with van der Waals surface area (Å²) in [5.74, 6) is 0.0371. The number of aromatic hydroxyl groups is 1. The van der Waals surface area contributed by atoms with Crippen LogP contribution in [0.2, 0.25) is 0 Å². The Morgan fingerprint density at radius 1 is 1.57 bits per heavy atom. The molecular weight excluding hydrogens is 316 g/mol. The third-order valence-electron chi connectivity index (χ3n) is 3.13. The molecule has 23 heavy (non-hydrogen) atoms. The van der Waals surface area contributed by atoms with Crippen molar-refractivity contribution in [2.45, 2.75) is 6.42 Å². The van der Waals surface area contributed by atoms with Gasteiger partial charge >= 0.3 is 0 Å². The second-order valence-electron chi connectivity index (χ2n) is 4.69. The molecule has 2 aromatic heterocycles. The first-order valence-electron chi connectivity index (χ1n) is 6.76. The molecule has 1 amide bonds. The zero-order chi connectivity index (χ0) is 16.2. The van der Waals surface area contributed by atoms with Crippen LogP contribution in [-0.2, 0) is 11.2 Å². The van der Waals surface area contributed by atoms with Crippen LogP contribution in [-0.4, -0.2) is 33.7 Å². The number of amides is 1. The summed E-state index contributed by atoms with van der Waals surface area (Å²) in [7, 11) is 1.47. The third-order valence-corrected chi connectivity index (χ3v) is 3.90. The number of carbonyl (C=O) groups excluding carboxylic acids is 1. The molecule has 7 nitrogen and oxygen atoms in total. The van der Waals surface area contributed by atoms with Crippen molar-refractivity contribution in [3.63, 3.8) is 0 Å². The third kappa shape index (κ3) is 3.32. The maximum atomic E-state index is 11.9. The number of fused-ring (bicyclic) bond motifs is 1. The number of imidazole rings is 1. The van der Waals surface area contributed by atoms with E-state index in [2.05, 4.69) is 15.5 Å². The largest absolute Gasteiger partial charge is 0.504 e. The van der Waals surface area contributed by atoms with Gasteiger partial charge in [0.2, 0.25) is 5.91 Å². The van der Waals surface area contributed by atoms with E-state index in [1.165, 1.54) is 24.7 Å². The standard InChI is InChI=1S/C15H14N4O3S/c1-22-12-4-2-3-10(14(12)21)8-16-18-13(20)7-11-9-19-5-6-23-15(19)17-11/h2-6,8-9,21H,7H2,1H3,(H,18,20). The Bertz CT molecular complexity index is 840. The van der Waals surface area contributed by atoms with Crippen LogP contribution < -0.4 is 10.2 Å². The first kappa shape index (κ1) is 15.0. The van der Waals surface area contributed by atoms with Crippen molar-refractivity contribution >= 4 is 28.4 Å². The first-order chi connectivity index (χ1) is 11.2. The van der Waals surface area contributed by atoms with Crippen LogP contribution in [0.5, 0.6) is 11.5 Å². The van der Waals surface area contributed by atoms with Gasteiger partial charge in [0.05, 0.1) is 25.4 Å². The predicted molar refractivity (Wildman–Crippen MR) is 87.2 cm³/mol. The number of rotatable bonds is 5. The van der Waals surface area contributed by atoms with Crippen LogP contribution in [0.15, 0.2) is 41.1 Å². The van der Waals surface area contributed by atoms with Crippen LogP contribution in [0.25, 0.3) is 4.96 Å². The number of carbonyl (C=O) groups is 1. The number of hydrazone groups is 1. The smallest absolute Gasteiger partial charge is 0.246 e. The van der Waals surface area contributed by atoms with Gasteiger partial charge in [-0.05, 0) is 12.1 Å². The zero-order valence-electron chi connectivity index (χ0n) is 12.3. The highest BCUT2D eigenvalue weighted by atomic mass is 32.1. The van der Waals surface area contributed by atoms with Gasteiger partial charge in [0.1, 0.15) is 0 Å². The molecule has 3 aromatic rings. The molecule has 0 atom stereocenters. The van der Waals surface area contributed by atoms with Crippen LogP contribution in [0, 0.1) is 0 Å². The lowest BCUT2D eigenvalue weighted by Crippen LogP contribution is -2.19. The van der Waals surface area contributed by atoms with Crippen LogP contribution in [0.1, 0.15) is 11.3 Å². The number of aromatic nitrogens is 2. The fourth-order valence-corrected chi connectivity index (χ4v) is 2.77. The van der Waals surface area contributed by atoms with Gasteiger partial charge in [0.15, 0.2) is 16.5 Å². The average Bonchev–Trinajstić information content (AvgIpc) is 3.10. The summed E-state index contributed by atoms with van der Waals surface area (Å²) < 4.78 is 6.87. The lowest BCUT2D eigenvalue weighted by atomic mass is 10.2. The first-order valence-corrected chi connectivity index (χ1v) is 7.64. The number of ether oxygens (including phenoxy) is 1. The van der Waals surface area contributed by atoms with Crippen molar-refractivity contribution in [3.8, 4) is 11.5 Å². The molecule has 118 valence electrons. The molecule has 2 heterocycles. The van der Waals surface area contributed by atoms with Crippen LogP contribution >= 0.6 is 11.3 Å². The number of para-hydroxylation sites is 1. The summed E-state index contributed by atoms with van der Waals surface area (Å²) in [5.41, 5.74) is 3.54. The summed E-state index contributed by atoms with van der Waals surface area (Å²) in [6.07, 6.45) is 5.19. The molecule has 0 bridgehead atoms. The molecule has 0 aliphatic heterocycles. The molecule has 3 rings (SSSR count). The number of nitrogens with zero attached hydrogens (tertiary/aromatic N) is 3. The maximum absolute atomic E-state index is 11.9. The van der Waals surface area contributed by atoms with E-state index in [1.807, 2.05) is 22.2 Å². The van der Waals surface area contributed by atoms with Crippen LogP contribution in [0.3, 0.4) is 0 Å². The molecule has 0 unspecified atom stereocenters. The fraction of sp³-hybridized carbons (Fsp3) is 0.133. The molecule has 0 saturated heterocycles. The average molecular weight is 330 g/mol. The monoisotopic (exact) mass is 330 g/mol. The minimum atomic E-state index is -0.283. The minimum absolute atomic E-state index is 0.0256. The van der Waals surface area contributed by atoms with Gasteiger partial charge in [-0.15, -0.1) is 11.3 Å². The highest BCUT2D eigenvalue weighted by Crippen LogP contribution is 2.27. The zero-order valence-corrected chi connectivity index (χ0v) is 13.1. The molecule has 0 spiro atoms. The number of hydrogen-bond donors (Lipinski definition) is 2. The highest BCUT2D eigenvalue weighted by molar-refractivity contribution is 7.15. The van der Waals surface area contributed by atoms with E-state index in [0.29, 0.717) is 17.0 Å². The van der Waals surface area contributed by atoms with E-state index in [9.17, 15) is 9.90 Å². The second-order valence-corrected chi connectivity index (χ2v) is 5.57. The van der Waals surface area contributed by atoms with Gasteiger partial charge in [-0.2, -0.15) is 5.10 Å². The highest BCUT2D eigenvalue weighted by Gasteiger charge is 2.08. The van der Waals surface area contributed by atoms with Crippen molar-refractivity contribution in [1.82, 2.24) is 14.8 Å². The molecule has 0 fully saturated rings. The topological polar surface area (TPSA) is 88.2 Å². The summed E-state index contributed by atoms with van der Waals surface area (Å²) in [6.45, 7) is 0. The van der Waals surface area contributed by atoms with E-state index in [4.69, 9.17) is 4.74 Å². The number of thiazole rings is 1. The number of phenols is 1. The van der Waals surface area contributed by atoms with E-state index in [0.717, 1.165) is 4.96 Å². The number of hydrogen-bond acceptors (Lipinski definition) is 6. The summed E-state index contributed by atoms with van der Waals surface area (Å²) in [5, 5.41) is 15.7. The number of phenolic OH excluding ortho intramolecular Hbond substituents is 1. The Labute approximate surface area is 135 Å². The van der Waals surface area contributed by atoms with Crippen LogP contribution in [0.4, 0.5) is 0 Å². The summed E-state index contributed by atoms with van der Waals surface area (Å²) in [4.78, 5) is 17.0. The van der Waals surface area contributed by atoms with E-state index in [1.54, 1.807) is 18.2 Å². The van der Waals surface area contributed by atoms with Crippen molar-refractivity contribution in [3.05, 3.63) is 47.2 Å². The van der Waals surface area contributed by atoms with Gasteiger partial charge in [0, 0.05) is 23.3 Å². The van der Waals surface area contributed by atoms with E-state index >= 15 is 0 Å².